The molecule has 8 aromatic carbocycles. The Bertz CT molecular complexity index is 3070. The molecular weight excluding hydrogens is 755 g/mol. The molecule has 3 heteroatoms. The van der Waals surface area contributed by atoms with Crippen LogP contribution in [0.2, 0.25) is 0 Å². The third-order valence-electron chi connectivity index (χ3n) is 11.6. The highest BCUT2D eigenvalue weighted by Gasteiger charge is 2.54. The number of nitrogens with zero attached hydrogens (tertiary/aromatic N) is 2. The average molecular weight is 785 g/mol. The topological polar surface area (TPSA) is 25.8 Å². The van der Waals surface area contributed by atoms with Crippen LogP contribution in [0.1, 0.15) is 27.8 Å². The van der Waals surface area contributed by atoms with Crippen LogP contribution in [0.25, 0.3) is 83.4 Å². The van der Waals surface area contributed by atoms with Crippen LogP contribution in [0, 0.1) is 3.57 Å². The van der Waals surface area contributed by atoms with Gasteiger partial charge in [0.05, 0.1) is 16.6 Å². The first kappa shape index (κ1) is 29.5. The van der Waals surface area contributed by atoms with Gasteiger partial charge in [-0.2, -0.15) is 0 Å². The zero-order valence-corrected chi connectivity index (χ0v) is 30.7. The molecule has 0 N–H and O–H groups in total. The monoisotopic (exact) mass is 784 g/mol. The highest BCUT2D eigenvalue weighted by molar-refractivity contribution is 14.2. The van der Waals surface area contributed by atoms with E-state index in [0.717, 1.165) is 33.5 Å². The Kier molecular flexibility index (Phi) is 6.12. The van der Waals surface area contributed by atoms with Gasteiger partial charge in [0, 0.05) is 20.1 Å². The van der Waals surface area contributed by atoms with Crippen molar-refractivity contribution < 1.29 is 0 Å². The number of hydrogen-bond donors (Lipinski definition) is 0. The van der Waals surface area contributed by atoms with E-state index in [1.54, 1.807) is 0 Å². The highest BCUT2D eigenvalue weighted by atomic mass is 127. The Balaban J connectivity index is 1.30. The quantitative estimate of drug-likeness (QED) is 0.129. The molecule has 53 heavy (non-hydrogen) atoms. The minimum atomic E-state index is -0.530. The number of para-hydroxylation sites is 1. The second-order valence-electron chi connectivity index (χ2n) is 14.1. The lowest BCUT2D eigenvalue weighted by molar-refractivity contribution is 0.801. The summed E-state index contributed by atoms with van der Waals surface area (Å²) in [6.45, 7) is 0. The first-order valence-corrected chi connectivity index (χ1v) is 20.5. The number of rotatable bonds is 2. The maximum Gasteiger partial charge on any atom is 0.161 e. The minimum Gasteiger partial charge on any atom is -0.228 e. The summed E-state index contributed by atoms with van der Waals surface area (Å²) in [7, 11) is 0. The SMILES string of the molecule is C1=Cc2c(c(-c3nc(-c4ccccc4)c4ccccc4n3)cc3c2-c2c(c4ccccc4c4ccccc24)C32c3ccccc3-c3ccccc32)I=C1. The molecule has 0 unspecified atom stereocenters. The van der Waals surface area contributed by atoms with Gasteiger partial charge in [-0.25, -0.2) is 9.97 Å². The molecule has 1 aromatic heterocycles. The van der Waals surface area contributed by atoms with Gasteiger partial charge in [0.25, 0.3) is 0 Å². The molecule has 2 nitrogen and oxygen atoms in total. The number of allylic oxidation sites excluding steroid dienone is 1. The molecule has 2 heterocycles. The predicted molar refractivity (Wildman–Crippen MR) is 230 cm³/mol. The van der Waals surface area contributed by atoms with Crippen LogP contribution >= 0.6 is 20.7 Å². The molecule has 0 saturated heterocycles. The smallest absolute Gasteiger partial charge is 0.161 e. The molecule has 0 saturated carbocycles. The molecule has 0 radical (unpaired) electrons. The Hall–Kier alpha value is -6.04. The minimum absolute atomic E-state index is 0.463. The van der Waals surface area contributed by atoms with E-state index < -0.39 is 26.1 Å². The molecule has 246 valence electrons. The maximum absolute atomic E-state index is 5.50. The van der Waals surface area contributed by atoms with Gasteiger partial charge in [-0.15, -0.1) is 0 Å². The second kappa shape index (κ2) is 11.0. The van der Waals surface area contributed by atoms with E-state index in [1.165, 1.54) is 75.2 Å². The first-order valence-electron chi connectivity index (χ1n) is 18.1. The summed E-state index contributed by atoms with van der Waals surface area (Å²) in [4.78, 5) is 10.9. The predicted octanol–water partition coefficient (Wildman–Crippen LogP) is 12.6. The van der Waals surface area contributed by atoms with E-state index in [4.69, 9.17) is 9.97 Å². The van der Waals surface area contributed by atoms with E-state index >= 15 is 0 Å². The standard InChI is InChI=1S/C50H29IN2/c1-2-15-30(16-3-1)48-37-23-10-13-27-43(37)52-49(53-48)39-29-42-44(38-24-14-28-51-47(38)39)45-35-21-6-4-17-31(35)32-18-5-7-22-36(32)46(45)50(42)40-25-11-8-19-33(40)34-20-9-12-26-41(34)50/h1-29H. The van der Waals surface area contributed by atoms with Crippen molar-refractivity contribution in [2.45, 2.75) is 5.41 Å². The van der Waals surface area contributed by atoms with Crippen molar-refractivity contribution in [1.82, 2.24) is 9.97 Å². The van der Waals surface area contributed by atoms with E-state index in [2.05, 4.69) is 174 Å². The van der Waals surface area contributed by atoms with Gasteiger partial charge in [-0.05, 0) is 87.8 Å². The number of benzene rings is 8. The van der Waals surface area contributed by atoms with Crippen LogP contribution in [0.3, 0.4) is 0 Å². The zero-order chi connectivity index (χ0) is 34.7. The Morgan fingerprint density at radius 2 is 1.08 bits per heavy atom. The molecule has 1 spiro atoms. The van der Waals surface area contributed by atoms with Crippen molar-refractivity contribution in [2.24, 2.45) is 0 Å². The second-order valence-corrected chi connectivity index (χ2v) is 16.6. The normalized spacial score (nSPS) is 14.2. The largest absolute Gasteiger partial charge is 0.228 e. The summed E-state index contributed by atoms with van der Waals surface area (Å²) < 4.78 is 3.78. The van der Waals surface area contributed by atoms with Crippen molar-refractivity contribution in [2.75, 3.05) is 0 Å². The van der Waals surface area contributed by atoms with Crippen molar-refractivity contribution in [1.29, 1.82) is 0 Å². The lowest BCUT2D eigenvalue weighted by Gasteiger charge is -2.32. The average Bonchev–Trinajstić information content (AvgIpc) is 3.71. The Labute approximate surface area is 316 Å². The van der Waals surface area contributed by atoms with Crippen LogP contribution in [0.4, 0.5) is 0 Å². The fraction of sp³-hybridized carbons (Fsp3) is 0.0200. The van der Waals surface area contributed by atoms with Crippen molar-refractivity contribution in [3.8, 4) is 44.9 Å². The summed E-state index contributed by atoms with van der Waals surface area (Å²) in [5.41, 5.74) is 15.7. The summed E-state index contributed by atoms with van der Waals surface area (Å²) in [5, 5.41) is 6.29. The van der Waals surface area contributed by atoms with Gasteiger partial charge >= 0.3 is 0 Å². The van der Waals surface area contributed by atoms with Gasteiger partial charge in [0.15, 0.2) is 5.82 Å². The number of hydrogen-bond acceptors (Lipinski definition) is 2. The summed E-state index contributed by atoms with van der Waals surface area (Å²) in [5.74, 6) is 0.797. The fourth-order valence-electron chi connectivity index (χ4n) is 9.65. The maximum atomic E-state index is 5.50. The van der Waals surface area contributed by atoms with Crippen molar-refractivity contribution in [3.63, 3.8) is 0 Å². The molecule has 0 amide bonds. The number of fused-ring (bicyclic) bond motifs is 18. The van der Waals surface area contributed by atoms with Crippen LogP contribution in [0.5, 0.6) is 0 Å². The summed E-state index contributed by atoms with van der Waals surface area (Å²) >= 11 is -0.463. The van der Waals surface area contributed by atoms with Gasteiger partial charge in [-0.1, -0.05) is 178 Å². The van der Waals surface area contributed by atoms with Crippen LogP contribution in [0.15, 0.2) is 164 Å². The number of aromatic nitrogens is 2. The van der Waals surface area contributed by atoms with Gasteiger partial charge in [0.1, 0.15) is 0 Å². The molecular formula is C50H29IN2. The van der Waals surface area contributed by atoms with E-state index in [9.17, 15) is 0 Å². The van der Waals surface area contributed by atoms with Crippen LogP contribution in [-0.2, 0) is 5.41 Å². The summed E-state index contributed by atoms with van der Waals surface area (Å²) in [6.07, 6.45) is 4.67. The Morgan fingerprint density at radius 1 is 0.472 bits per heavy atom. The van der Waals surface area contributed by atoms with E-state index in [0.29, 0.717) is 0 Å². The lowest BCUT2D eigenvalue weighted by atomic mass is 9.68. The third kappa shape index (κ3) is 3.85. The highest BCUT2D eigenvalue weighted by Crippen LogP contribution is 2.67. The van der Waals surface area contributed by atoms with Gasteiger partial charge in [0.2, 0.25) is 0 Å². The van der Waals surface area contributed by atoms with Gasteiger partial charge < -0.3 is 0 Å². The molecule has 12 rings (SSSR count). The van der Waals surface area contributed by atoms with Crippen LogP contribution < -0.4 is 0 Å². The Morgan fingerprint density at radius 3 is 1.83 bits per heavy atom. The third-order valence-corrected chi connectivity index (χ3v) is 14.2. The molecule has 0 atom stereocenters. The zero-order valence-electron chi connectivity index (χ0n) is 28.5. The first-order chi connectivity index (χ1) is 26.3. The molecule has 2 aliphatic carbocycles. The molecule has 0 fully saturated rings. The van der Waals surface area contributed by atoms with E-state index in [-0.39, 0.29) is 0 Å². The van der Waals surface area contributed by atoms with E-state index in [1.807, 2.05) is 0 Å². The number of halogens is 1. The van der Waals surface area contributed by atoms with Gasteiger partial charge in [-0.3, -0.25) is 0 Å². The molecule has 1 aliphatic heterocycles. The lowest BCUT2D eigenvalue weighted by Crippen LogP contribution is -2.26. The fourth-order valence-corrected chi connectivity index (χ4v) is 11.9. The molecule has 0 bridgehead atoms. The van der Waals surface area contributed by atoms with Crippen molar-refractivity contribution >= 4 is 63.3 Å². The molecule has 3 aliphatic rings. The van der Waals surface area contributed by atoms with Crippen molar-refractivity contribution in [3.05, 3.63) is 195 Å². The summed E-state index contributed by atoms with van der Waals surface area (Å²) in [6, 6.07) is 58.0. The van der Waals surface area contributed by atoms with Crippen LogP contribution in [-0.4, -0.2) is 14.0 Å². The molecule has 9 aromatic rings.